The number of sulfonamides is 1. The van der Waals surface area contributed by atoms with Crippen LogP contribution in [0.2, 0.25) is 0 Å². The highest BCUT2D eigenvalue weighted by molar-refractivity contribution is 7.89. The molecule has 0 saturated carbocycles. The summed E-state index contributed by atoms with van der Waals surface area (Å²) >= 11 is 0. The van der Waals surface area contributed by atoms with Crippen molar-refractivity contribution in [1.29, 1.82) is 0 Å². The van der Waals surface area contributed by atoms with Gasteiger partial charge in [0.05, 0.1) is 24.8 Å². The molecule has 0 atom stereocenters. The largest absolute Gasteiger partial charge is 0.493 e. The van der Waals surface area contributed by atoms with E-state index < -0.39 is 15.9 Å². The molecule has 1 saturated heterocycles. The van der Waals surface area contributed by atoms with Crippen LogP contribution in [0.1, 0.15) is 42.6 Å². The Kier molecular flexibility index (Phi) is 7.87. The second kappa shape index (κ2) is 10.6. The lowest BCUT2D eigenvalue weighted by atomic mass is 10.2. The molecular weight excluding hydrogens is 430 g/mol. The maximum absolute atomic E-state index is 12.7. The molecule has 32 heavy (non-hydrogen) atoms. The molecular formula is C23H29N3O5S. The van der Waals surface area contributed by atoms with Crippen molar-refractivity contribution in [1.82, 2.24) is 9.73 Å². The molecule has 8 nitrogen and oxygen atoms in total. The summed E-state index contributed by atoms with van der Waals surface area (Å²) in [5.41, 5.74) is 3.37. The average Bonchev–Trinajstić information content (AvgIpc) is 3.34. The van der Waals surface area contributed by atoms with Crippen molar-refractivity contribution < 1.29 is 22.7 Å². The van der Waals surface area contributed by atoms with Crippen molar-refractivity contribution in [2.75, 3.05) is 26.8 Å². The number of hydrogen-bond acceptors (Lipinski definition) is 6. The van der Waals surface area contributed by atoms with Gasteiger partial charge in [-0.2, -0.15) is 9.41 Å². The first-order valence-corrected chi connectivity index (χ1v) is 12.0. The molecule has 0 aliphatic carbocycles. The van der Waals surface area contributed by atoms with Gasteiger partial charge in [-0.05, 0) is 60.7 Å². The normalized spacial score (nSPS) is 14.8. The number of ether oxygens (including phenoxy) is 2. The highest BCUT2D eigenvalue weighted by Crippen LogP contribution is 2.28. The molecule has 1 aliphatic heterocycles. The van der Waals surface area contributed by atoms with E-state index in [0.29, 0.717) is 42.7 Å². The first-order valence-electron chi connectivity index (χ1n) is 10.6. The summed E-state index contributed by atoms with van der Waals surface area (Å²) in [5.74, 6) is 1.10. The molecule has 3 rings (SSSR count). The quantitative estimate of drug-likeness (QED) is 0.458. The molecule has 2 aromatic rings. The summed E-state index contributed by atoms with van der Waals surface area (Å²) in [5, 5.41) is 3.99. The number of carbonyl (C=O) groups is 1. The van der Waals surface area contributed by atoms with Gasteiger partial charge in [-0.25, -0.2) is 13.8 Å². The van der Waals surface area contributed by atoms with Crippen LogP contribution in [0.15, 0.2) is 52.5 Å². The van der Waals surface area contributed by atoms with Crippen LogP contribution in [0, 0.1) is 5.92 Å². The van der Waals surface area contributed by atoms with Crippen LogP contribution < -0.4 is 14.9 Å². The number of nitrogens with one attached hydrogen (secondary N) is 1. The van der Waals surface area contributed by atoms with E-state index in [9.17, 15) is 13.2 Å². The Labute approximate surface area is 189 Å². The zero-order valence-electron chi connectivity index (χ0n) is 18.6. The van der Waals surface area contributed by atoms with E-state index >= 15 is 0 Å². The summed E-state index contributed by atoms with van der Waals surface area (Å²) < 4.78 is 38.0. The molecule has 0 bridgehead atoms. The fraction of sp³-hybridized carbons (Fsp3) is 0.391. The lowest BCUT2D eigenvalue weighted by Gasteiger charge is -2.15. The number of carbonyl (C=O) groups excluding carboxylic acids is 1. The van der Waals surface area contributed by atoms with Crippen LogP contribution in [0.5, 0.6) is 11.5 Å². The fourth-order valence-electron chi connectivity index (χ4n) is 3.25. The lowest BCUT2D eigenvalue weighted by Crippen LogP contribution is -2.28. The highest BCUT2D eigenvalue weighted by Gasteiger charge is 2.27. The molecule has 172 valence electrons. The highest BCUT2D eigenvalue weighted by atomic mass is 32.2. The van der Waals surface area contributed by atoms with Crippen molar-refractivity contribution >= 4 is 22.1 Å². The monoisotopic (exact) mass is 459 g/mol. The van der Waals surface area contributed by atoms with E-state index in [0.717, 1.165) is 12.8 Å². The minimum Gasteiger partial charge on any atom is -0.493 e. The molecule has 0 spiro atoms. The first kappa shape index (κ1) is 23.7. The molecule has 2 aromatic carbocycles. The SMILES string of the molecule is COc1cc(/C=N\NC(=O)c2cccc(S(=O)(=O)N3CCCC3)c2)ccc1OCC(C)C. The number of amides is 1. The van der Waals surface area contributed by atoms with Gasteiger partial charge in [-0.3, -0.25) is 4.79 Å². The summed E-state index contributed by atoms with van der Waals surface area (Å²) in [6, 6.07) is 11.3. The Morgan fingerprint density at radius 3 is 2.59 bits per heavy atom. The van der Waals surface area contributed by atoms with Gasteiger partial charge in [-0.1, -0.05) is 19.9 Å². The number of benzene rings is 2. The molecule has 1 N–H and O–H groups in total. The number of hydrazone groups is 1. The van der Waals surface area contributed by atoms with Crippen LogP contribution in [0.4, 0.5) is 0 Å². The van der Waals surface area contributed by atoms with Crippen LogP contribution >= 0.6 is 0 Å². The molecule has 0 radical (unpaired) electrons. The van der Waals surface area contributed by atoms with Crippen molar-refractivity contribution in [3.8, 4) is 11.5 Å². The molecule has 1 aliphatic rings. The number of rotatable bonds is 9. The summed E-state index contributed by atoms with van der Waals surface area (Å²) in [6.07, 6.45) is 3.19. The van der Waals surface area contributed by atoms with Crippen LogP contribution in [-0.2, 0) is 10.0 Å². The molecule has 1 fully saturated rings. The maximum atomic E-state index is 12.7. The Balaban J connectivity index is 1.67. The van der Waals surface area contributed by atoms with Crippen molar-refractivity contribution in [3.05, 3.63) is 53.6 Å². The molecule has 0 unspecified atom stereocenters. The van der Waals surface area contributed by atoms with Crippen molar-refractivity contribution in [3.63, 3.8) is 0 Å². The van der Waals surface area contributed by atoms with Crippen molar-refractivity contribution in [2.45, 2.75) is 31.6 Å². The predicted molar refractivity (Wildman–Crippen MR) is 123 cm³/mol. The third-order valence-corrected chi connectivity index (χ3v) is 6.83. The van der Waals surface area contributed by atoms with E-state index in [4.69, 9.17) is 9.47 Å². The molecule has 1 amide bonds. The maximum Gasteiger partial charge on any atom is 0.271 e. The fourth-order valence-corrected chi connectivity index (χ4v) is 4.81. The average molecular weight is 460 g/mol. The second-order valence-electron chi connectivity index (χ2n) is 7.95. The third-order valence-electron chi connectivity index (χ3n) is 4.94. The number of nitrogens with zero attached hydrogens (tertiary/aromatic N) is 2. The standard InChI is InChI=1S/C23H29N3O5S/c1-17(2)16-31-21-10-9-18(13-22(21)30-3)15-24-25-23(27)19-7-6-8-20(14-19)32(28,29)26-11-4-5-12-26/h6-10,13-15,17H,4-5,11-12,16H2,1-3H3,(H,25,27)/b24-15-. The second-order valence-corrected chi connectivity index (χ2v) is 9.89. The first-order chi connectivity index (χ1) is 15.3. The minimum absolute atomic E-state index is 0.109. The van der Waals surface area contributed by atoms with E-state index in [2.05, 4.69) is 24.4 Å². The molecule has 9 heteroatoms. The topological polar surface area (TPSA) is 97.3 Å². The number of methoxy groups -OCH3 is 1. The van der Waals surface area contributed by atoms with Gasteiger partial charge < -0.3 is 9.47 Å². The van der Waals surface area contributed by atoms with E-state index in [-0.39, 0.29) is 10.5 Å². The van der Waals surface area contributed by atoms with Crippen LogP contribution in [-0.4, -0.2) is 51.7 Å². The molecule has 1 heterocycles. The number of hydrogen-bond donors (Lipinski definition) is 1. The van der Waals surface area contributed by atoms with E-state index in [1.165, 1.54) is 22.7 Å². The predicted octanol–water partition coefficient (Wildman–Crippen LogP) is 3.28. The summed E-state index contributed by atoms with van der Waals surface area (Å²) in [7, 11) is -2.03. The zero-order valence-corrected chi connectivity index (χ0v) is 19.4. The van der Waals surface area contributed by atoms with Crippen molar-refractivity contribution in [2.24, 2.45) is 11.0 Å². The van der Waals surface area contributed by atoms with Gasteiger partial charge in [0.2, 0.25) is 10.0 Å². The van der Waals surface area contributed by atoms with Crippen LogP contribution in [0.3, 0.4) is 0 Å². The Bertz CT molecular complexity index is 1080. The van der Waals surface area contributed by atoms with E-state index in [1.54, 1.807) is 37.4 Å². The minimum atomic E-state index is -3.59. The summed E-state index contributed by atoms with van der Waals surface area (Å²) in [4.78, 5) is 12.6. The van der Waals surface area contributed by atoms with E-state index in [1.807, 2.05) is 0 Å². The van der Waals surface area contributed by atoms with Gasteiger partial charge >= 0.3 is 0 Å². The lowest BCUT2D eigenvalue weighted by molar-refractivity contribution is 0.0955. The third kappa shape index (κ3) is 5.86. The Morgan fingerprint density at radius 1 is 1.16 bits per heavy atom. The molecule has 0 aromatic heterocycles. The van der Waals surface area contributed by atoms with Crippen LogP contribution in [0.25, 0.3) is 0 Å². The smallest absolute Gasteiger partial charge is 0.271 e. The van der Waals surface area contributed by atoms with Gasteiger partial charge in [0, 0.05) is 18.7 Å². The van der Waals surface area contributed by atoms with Gasteiger partial charge in [0.25, 0.3) is 5.91 Å². The van der Waals surface area contributed by atoms with Gasteiger partial charge in [0.1, 0.15) is 0 Å². The van der Waals surface area contributed by atoms with Gasteiger partial charge in [-0.15, -0.1) is 0 Å². The Hall–Kier alpha value is -2.91. The Morgan fingerprint density at radius 2 is 1.91 bits per heavy atom. The van der Waals surface area contributed by atoms with Gasteiger partial charge in [0.15, 0.2) is 11.5 Å². The summed E-state index contributed by atoms with van der Waals surface area (Å²) in [6.45, 7) is 5.72. The zero-order chi connectivity index (χ0) is 23.1.